The summed E-state index contributed by atoms with van der Waals surface area (Å²) in [5.41, 5.74) is 0.985. The van der Waals surface area contributed by atoms with Crippen LogP contribution in [0.4, 0.5) is 0 Å². The Kier molecular flexibility index (Phi) is 3.47. The Morgan fingerprint density at radius 3 is 3.25 bits per heavy atom. The third-order valence-electron chi connectivity index (χ3n) is 2.12. The molecule has 2 rings (SSSR count). The minimum absolute atomic E-state index is 0.285. The summed E-state index contributed by atoms with van der Waals surface area (Å²) in [5, 5.41) is 0. The van der Waals surface area contributed by atoms with Gasteiger partial charge in [0.05, 0.1) is 6.61 Å². The van der Waals surface area contributed by atoms with Gasteiger partial charge in [0.25, 0.3) is 0 Å². The average molecular weight is 216 g/mol. The van der Waals surface area contributed by atoms with Crippen molar-refractivity contribution in [3.05, 3.63) is 29.8 Å². The first-order valence-electron chi connectivity index (χ1n) is 4.98. The molecule has 82 valence electrons. The third kappa shape index (κ3) is 2.36. The van der Waals surface area contributed by atoms with E-state index in [1.165, 1.54) is 0 Å². The quantitative estimate of drug-likeness (QED) is 0.569. The number of benzene rings is 1. The van der Waals surface area contributed by atoms with Crippen LogP contribution < -0.4 is 9.47 Å². The summed E-state index contributed by atoms with van der Waals surface area (Å²) in [6.45, 7) is 1.11. The van der Waals surface area contributed by atoms with Crippen molar-refractivity contribution in [1.29, 1.82) is 0 Å². The second kappa shape index (κ2) is 5.24. The van der Waals surface area contributed by atoms with Gasteiger partial charge >= 0.3 is 0 Å². The first-order valence-corrected chi connectivity index (χ1v) is 4.98. The lowest BCUT2D eigenvalue weighted by Gasteiger charge is -2.00. The highest BCUT2D eigenvalue weighted by atomic mass is 16.7. The number of fused-ring (bicyclic) bond motifs is 1. The van der Waals surface area contributed by atoms with E-state index in [4.69, 9.17) is 20.6 Å². The fourth-order valence-corrected chi connectivity index (χ4v) is 1.45. The Labute approximate surface area is 94.6 Å². The van der Waals surface area contributed by atoms with Crippen molar-refractivity contribution in [2.75, 3.05) is 20.0 Å². The van der Waals surface area contributed by atoms with Crippen LogP contribution in [0.1, 0.15) is 5.56 Å². The van der Waals surface area contributed by atoms with E-state index in [1.807, 2.05) is 30.4 Å². The van der Waals surface area contributed by atoms with Gasteiger partial charge in [-0.3, -0.25) is 0 Å². The Balaban J connectivity index is 2.00. The molecule has 1 aromatic carbocycles. The Morgan fingerprint density at radius 2 is 2.38 bits per heavy atom. The van der Waals surface area contributed by atoms with E-state index in [2.05, 4.69) is 5.92 Å². The van der Waals surface area contributed by atoms with E-state index in [-0.39, 0.29) is 6.79 Å². The summed E-state index contributed by atoms with van der Waals surface area (Å²) in [6, 6.07) is 5.77. The summed E-state index contributed by atoms with van der Waals surface area (Å²) >= 11 is 0. The van der Waals surface area contributed by atoms with Gasteiger partial charge in [0, 0.05) is 5.56 Å². The molecule has 3 nitrogen and oxygen atoms in total. The van der Waals surface area contributed by atoms with Crippen molar-refractivity contribution < 1.29 is 14.2 Å². The van der Waals surface area contributed by atoms with Crippen LogP contribution in [-0.2, 0) is 4.74 Å². The van der Waals surface area contributed by atoms with Crippen molar-refractivity contribution in [2.45, 2.75) is 0 Å². The standard InChI is InChI=1S/C13H12O3/c1-2-8-14-9-4-6-11-5-3-7-12-13(11)16-10-15-12/h1,3-7H,8-10H2/b6-4+. The van der Waals surface area contributed by atoms with Gasteiger partial charge in [0.2, 0.25) is 6.79 Å². The van der Waals surface area contributed by atoms with E-state index >= 15 is 0 Å². The maximum Gasteiger partial charge on any atom is 0.231 e. The van der Waals surface area contributed by atoms with Crippen molar-refractivity contribution in [3.63, 3.8) is 0 Å². The molecule has 3 heteroatoms. The van der Waals surface area contributed by atoms with Gasteiger partial charge in [-0.15, -0.1) is 6.42 Å². The van der Waals surface area contributed by atoms with Gasteiger partial charge in [-0.05, 0) is 6.07 Å². The van der Waals surface area contributed by atoms with E-state index in [0.29, 0.717) is 13.2 Å². The molecule has 0 atom stereocenters. The third-order valence-corrected chi connectivity index (χ3v) is 2.12. The van der Waals surface area contributed by atoms with Crippen LogP contribution in [0.3, 0.4) is 0 Å². The van der Waals surface area contributed by atoms with Crippen LogP contribution in [-0.4, -0.2) is 20.0 Å². The van der Waals surface area contributed by atoms with E-state index < -0.39 is 0 Å². The van der Waals surface area contributed by atoms with Crippen LogP contribution in [0, 0.1) is 12.3 Å². The first-order chi connectivity index (χ1) is 7.92. The molecular weight excluding hydrogens is 204 g/mol. The SMILES string of the molecule is C#CCOC/C=C/c1cccc2c1OCO2. The maximum absolute atomic E-state index is 5.36. The predicted octanol–water partition coefficient (Wildman–Crippen LogP) is 2.08. The highest BCUT2D eigenvalue weighted by molar-refractivity contribution is 5.63. The summed E-state index contributed by atoms with van der Waals surface area (Å²) in [7, 11) is 0. The van der Waals surface area contributed by atoms with Gasteiger partial charge in [0.1, 0.15) is 6.61 Å². The van der Waals surface area contributed by atoms with Crippen molar-refractivity contribution >= 4 is 6.08 Å². The zero-order valence-corrected chi connectivity index (χ0v) is 8.81. The summed E-state index contributed by atoms with van der Waals surface area (Å²) in [6.07, 6.45) is 8.89. The lowest BCUT2D eigenvalue weighted by atomic mass is 10.2. The minimum Gasteiger partial charge on any atom is -0.454 e. The van der Waals surface area contributed by atoms with Gasteiger partial charge in [-0.1, -0.05) is 30.2 Å². The minimum atomic E-state index is 0.285. The molecule has 0 saturated carbocycles. The molecule has 0 unspecified atom stereocenters. The topological polar surface area (TPSA) is 27.7 Å². The molecule has 0 radical (unpaired) electrons. The molecule has 0 aromatic heterocycles. The number of hydrogen-bond donors (Lipinski definition) is 0. The summed E-state index contributed by atoms with van der Waals surface area (Å²) in [5.74, 6) is 3.98. The van der Waals surface area contributed by atoms with E-state index in [0.717, 1.165) is 17.1 Å². The molecule has 0 amide bonds. The second-order valence-corrected chi connectivity index (χ2v) is 3.20. The molecule has 1 aliphatic rings. The molecule has 0 spiro atoms. The van der Waals surface area contributed by atoms with Gasteiger partial charge in [-0.25, -0.2) is 0 Å². The Morgan fingerprint density at radius 1 is 1.44 bits per heavy atom. The van der Waals surface area contributed by atoms with E-state index in [1.54, 1.807) is 0 Å². The highest BCUT2D eigenvalue weighted by Crippen LogP contribution is 2.35. The van der Waals surface area contributed by atoms with Crippen LogP contribution in [0.25, 0.3) is 6.08 Å². The maximum atomic E-state index is 5.36. The smallest absolute Gasteiger partial charge is 0.231 e. The average Bonchev–Trinajstić information content (AvgIpc) is 2.77. The highest BCUT2D eigenvalue weighted by Gasteiger charge is 2.14. The van der Waals surface area contributed by atoms with Gasteiger partial charge < -0.3 is 14.2 Å². The fraction of sp³-hybridized carbons (Fsp3) is 0.231. The molecule has 0 fully saturated rings. The molecular formula is C13H12O3. The Bertz CT molecular complexity index is 429. The summed E-state index contributed by atoms with van der Waals surface area (Å²) < 4.78 is 15.8. The monoisotopic (exact) mass is 216 g/mol. The number of para-hydroxylation sites is 1. The normalized spacial score (nSPS) is 12.9. The van der Waals surface area contributed by atoms with Gasteiger partial charge in [0.15, 0.2) is 11.5 Å². The molecule has 0 saturated heterocycles. The van der Waals surface area contributed by atoms with Crippen LogP contribution in [0.2, 0.25) is 0 Å². The molecule has 0 N–H and O–H groups in total. The molecule has 0 bridgehead atoms. The Hall–Kier alpha value is -1.92. The molecule has 16 heavy (non-hydrogen) atoms. The van der Waals surface area contributed by atoms with Crippen LogP contribution in [0.15, 0.2) is 24.3 Å². The molecule has 1 heterocycles. The van der Waals surface area contributed by atoms with Crippen molar-refractivity contribution in [2.24, 2.45) is 0 Å². The van der Waals surface area contributed by atoms with Crippen molar-refractivity contribution in [1.82, 2.24) is 0 Å². The zero-order chi connectivity index (χ0) is 11.2. The lowest BCUT2D eigenvalue weighted by Crippen LogP contribution is -1.93. The number of rotatable bonds is 4. The molecule has 0 aliphatic carbocycles. The number of terminal acetylenes is 1. The molecule has 1 aliphatic heterocycles. The zero-order valence-electron chi connectivity index (χ0n) is 8.81. The summed E-state index contributed by atoms with van der Waals surface area (Å²) in [4.78, 5) is 0. The lowest BCUT2D eigenvalue weighted by molar-refractivity contribution is 0.173. The van der Waals surface area contributed by atoms with Crippen LogP contribution in [0.5, 0.6) is 11.5 Å². The number of hydrogen-bond acceptors (Lipinski definition) is 3. The van der Waals surface area contributed by atoms with E-state index in [9.17, 15) is 0 Å². The second-order valence-electron chi connectivity index (χ2n) is 3.20. The van der Waals surface area contributed by atoms with Crippen molar-refractivity contribution in [3.8, 4) is 23.8 Å². The predicted molar refractivity (Wildman–Crippen MR) is 61.3 cm³/mol. The van der Waals surface area contributed by atoms with Crippen LogP contribution >= 0.6 is 0 Å². The number of ether oxygens (including phenoxy) is 3. The fourth-order valence-electron chi connectivity index (χ4n) is 1.45. The molecule has 1 aromatic rings. The van der Waals surface area contributed by atoms with Gasteiger partial charge in [-0.2, -0.15) is 0 Å². The largest absolute Gasteiger partial charge is 0.454 e. The first kappa shape index (κ1) is 10.6.